The Labute approximate surface area is 249 Å². The first-order chi connectivity index (χ1) is 20.8. The molecule has 3 unspecified atom stereocenters. The average Bonchev–Trinajstić information content (AvgIpc) is 3.35. The normalized spacial score (nSPS) is 32.5. The van der Waals surface area contributed by atoms with Gasteiger partial charge < -0.3 is 44.2 Å². The van der Waals surface area contributed by atoms with Crippen LogP contribution in [0.3, 0.4) is 0 Å². The third kappa shape index (κ3) is 8.52. The Hall–Kier alpha value is -2.37. The molecule has 4 rings (SSSR count). The van der Waals surface area contributed by atoms with Crippen LogP contribution in [0.25, 0.3) is 0 Å². The molecule has 2 fully saturated rings. The molecule has 2 aliphatic heterocycles. The van der Waals surface area contributed by atoms with Crippen molar-refractivity contribution in [2.24, 2.45) is 0 Å². The van der Waals surface area contributed by atoms with Gasteiger partial charge in [-0.25, -0.2) is 23.0 Å². The van der Waals surface area contributed by atoms with Crippen molar-refractivity contribution in [2.45, 2.75) is 49.1 Å². The number of hydrogen-bond donors (Lipinski definition) is 8. The van der Waals surface area contributed by atoms with Gasteiger partial charge in [0.25, 0.3) is 18.6 Å². The molecule has 2 aromatic rings. The van der Waals surface area contributed by atoms with Gasteiger partial charge >= 0.3 is 27.0 Å². The number of phosphoric ester groups is 1. The highest BCUT2D eigenvalue weighted by molar-refractivity contribution is 7.84. The second-order valence-electron chi connectivity index (χ2n) is 9.36. The highest BCUT2D eigenvalue weighted by Gasteiger charge is 2.48. The molecule has 0 saturated carbocycles. The predicted molar refractivity (Wildman–Crippen MR) is 142 cm³/mol. The van der Waals surface area contributed by atoms with Crippen LogP contribution in [0.4, 0.5) is 0 Å². The van der Waals surface area contributed by atoms with Gasteiger partial charge in [-0.1, -0.05) is 0 Å². The summed E-state index contributed by atoms with van der Waals surface area (Å²) < 4.78 is 66.2. The van der Waals surface area contributed by atoms with Crippen LogP contribution < -0.4 is 22.5 Å². The molecule has 0 bridgehead atoms. The number of aliphatic hydroxyl groups excluding tert-OH is 4. The van der Waals surface area contributed by atoms with Gasteiger partial charge in [0.1, 0.15) is 36.6 Å². The molecule has 248 valence electrons. The minimum absolute atomic E-state index is 0.693. The van der Waals surface area contributed by atoms with Crippen molar-refractivity contribution in [3.63, 3.8) is 0 Å². The summed E-state index contributed by atoms with van der Waals surface area (Å²) in [5.74, 6) is 0. The maximum Gasteiger partial charge on any atom is 0.487 e. The first-order valence-electron chi connectivity index (χ1n) is 12.2. The summed E-state index contributed by atoms with van der Waals surface area (Å²) in [5.41, 5.74) is -3.59. The molecule has 23 nitrogen and oxygen atoms in total. The fraction of sp³-hybridized carbons (Fsp3) is 0.556. The third-order valence-electron chi connectivity index (χ3n) is 6.17. The van der Waals surface area contributed by atoms with Crippen LogP contribution in [0, 0.1) is 0 Å². The zero-order valence-corrected chi connectivity index (χ0v) is 24.8. The molecule has 11 atom stereocenters. The van der Waals surface area contributed by atoms with Crippen LogP contribution in [0.1, 0.15) is 12.5 Å². The molecule has 0 amide bonds. The Morgan fingerprint density at radius 1 is 0.711 bits per heavy atom. The Bertz CT molecular complexity index is 1650. The predicted octanol–water partition coefficient (Wildman–Crippen LogP) is -4.13. The van der Waals surface area contributed by atoms with E-state index >= 15 is 0 Å². The summed E-state index contributed by atoms with van der Waals surface area (Å²) in [6.45, 7) is -2.11. The number of aliphatic hydroxyl groups is 4. The van der Waals surface area contributed by atoms with E-state index in [0.29, 0.717) is 9.13 Å². The zero-order chi connectivity index (χ0) is 33.5. The molecule has 27 heteroatoms. The smallest absolute Gasteiger partial charge is 0.387 e. The van der Waals surface area contributed by atoms with Crippen molar-refractivity contribution in [1.29, 1.82) is 0 Å². The maximum absolute atomic E-state index is 12.5. The number of nitrogens with one attached hydrogen (secondary N) is 2. The molecule has 4 heterocycles. The number of aromatic amines is 2. The largest absolute Gasteiger partial charge is 0.487 e. The maximum atomic E-state index is 12.5. The molecular weight excluding hydrogens is 680 g/mol. The van der Waals surface area contributed by atoms with E-state index < -0.39 is 108 Å². The van der Waals surface area contributed by atoms with E-state index in [1.807, 2.05) is 9.97 Å². The number of ether oxygens (including phenoxy) is 2. The monoisotopic (exact) mass is 704 g/mol. The van der Waals surface area contributed by atoms with Gasteiger partial charge in [-0.15, -0.1) is 0 Å². The number of aromatic nitrogens is 4. The van der Waals surface area contributed by atoms with Crippen molar-refractivity contribution >= 4 is 30.7 Å². The van der Waals surface area contributed by atoms with Gasteiger partial charge in [-0.3, -0.25) is 37.8 Å². The van der Waals surface area contributed by atoms with Gasteiger partial charge in [-0.05, 0) is 0 Å². The summed E-state index contributed by atoms with van der Waals surface area (Å²) in [5, 5.41) is 40.8. The van der Waals surface area contributed by atoms with Gasteiger partial charge in [0.05, 0.1) is 13.2 Å². The summed E-state index contributed by atoms with van der Waals surface area (Å²) in [6, 6.07) is 1.82. The summed E-state index contributed by atoms with van der Waals surface area (Å²) in [4.78, 5) is 69.9. The highest BCUT2D eigenvalue weighted by atomic mass is 31.3. The number of H-pyrrole nitrogens is 2. The number of rotatable bonds is 12. The van der Waals surface area contributed by atoms with Crippen molar-refractivity contribution in [3.8, 4) is 0 Å². The van der Waals surface area contributed by atoms with Crippen molar-refractivity contribution in [3.05, 3.63) is 66.2 Å². The average molecular weight is 704 g/mol. The lowest BCUT2D eigenvalue weighted by atomic mass is 10.1. The van der Waals surface area contributed by atoms with Gasteiger partial charge in [0, 0.05) is 24.5 Å². The molecule has 0 aromatic carbocycles. The van der Waals surface area contributed by atoms with E-state index in [-0.39, 0.29) is 0 Å². The van der Waals surface area contributed by atoms with E-state index in [2.05, 4.69) is 17.7 Å². The molecule has 2 radical (unpaired) electrons. The third-order valence-corrected chi connectivity index (χ3v) is 10.5. The SMILES string of the molecule is [B]P(=O)(OC[C@H]1O[C@@H](n2ccc(=O)[nH]c2=O)[C@H](O)[C@@H]1O)OP(=O)(O)OP(=O)(O)OC[C@H]1O[C@@H](n2ccc(=O)[nH]c2=O)[C@H](O)[C@@H]1O. The van der Waals surface area contributed by atoms with Crippen LogP contribution in [-0.2, 0) is 40.8 Å². The summed E-state index contributed by atoms with van der Waals surface area (Å²) >= 11 is 0. The fourth-order valence-corrected chi connectivity index (χ4v) is 7.78. The highest BCUT2D eigenvalue weighted by Crippen LogP contribution is 2.67. The van der Waals surface area contributed by atoms with Crippen molar-refractivity contribution in [2.75, 3.05) is 13.2 Å². The molecule has 45 heavy (non-hydrogen) atoms. The minimum Gasteiger partial charge on any atom is -0.387 e. The molecule has 2 aliphatic rings. The fourth-order valence-electron chi connectivity index (χ4n) is 4.13. The van der Waals surface area contributed by atoms with Gasteiger partial charge in [-0.2, -0.15) is 4.31 Å². The van der Waals surface area contributed by atoms with Gasteiger partial charge in [0.2, 0.25) is 7.57 Å². The van der Waals surface area contributed by atoms with E-state index in [9.17, 15) is 63.1 Å². The lowest BCUT2D eigenvalue weighted by Gasteiger charge is -2.22. The van der Waals surface area contributed by atoms with E-state index in [1.165, 1.54) is 0 Å². The number of nitrogens with zero attached hydrogens (tertiary/aromatic N) is 2. The molecule has 2 aromatic heterocycles. The topological polar surface area (TPSA) is 338 Å². The quantitative estimate of drug-likeness (QED) is 0.0768. The Balaban J connectivity index is 1.31. The second-order valence-corrected chi connectivity index (χ2v) is 14.1. The van der Waals surface area contributed by atoms with Crippen LogP contribution in [0.5, 0.6) is 0 Å². The molecule has 8 N–H and O–H groups in total. The minimum atomic E-state index is -5.87. The Morgan fingerprint density at radius 2 is 1.13 bits per heavy atom. The molecular formula is C18H24BN4O19P3. The second kappa shape index (κ2) is 13.4. The molecule has 2 saturated heterocycles. The van der Waals surface area contributed by atoms with Gasteiger partial charge in [0.15, 0.2) is 12.5 Å². The van der Waals surface area contributed by atoms with E-state index in [4.69, 9.17) is 17.0 Å². The number of hydrogen-bond acceptors (Lipinski definition) is 17. The lowest BCUT2D eigenvalue weighted by molar-refractivity contribution is -0.0543. The zero-order valence-electron chi connectivity index (χ0n) is 22.1. The number of phosphoric acid groups is 2. The Kier molecular flexibility index (Phi) is 10.6. The van der Waals surface area contributed by atoms with Crippen molar-refractivity contribution in [1.82, 2.24) is 19.1 Å². The summed E-state index contributed by atoms with van der Waals surface area (Å²) in [6.07, 6.45) is -11.8. The molecule has 0 aliphatic carbocycles. The Morgan fingerprint density at radius 3 is 1.56 bits per heavy atom. The van der Waals surface area contributed by atoms with Crippen LogP contribution in [0.15, 0.2) is 43.7 Å². The van der Waals surface area contributed by atoms with Crippen molar-refractivity contribution < 1.29 is 71.1 Å². The lowest BCUT2D eigenvalue weighted by Crippen LogP contribution is -2.37. The molecule has 0 spiro atoms. The van der Waals surface area contributed by atoms with E-state index in [1.54, 1.807) is 0 Å². The summed E-state index contributed by atoms with van der Waals surface area (Å²) in [7, 11) is -11.5. The van der Waals surface area contributed by atoms with Crippen LogP contribution in [-0.4, -0.2) is 107 Å². The van der Waals surface area contributed by atoms with Crippen LogP contribution >= 0.6 is 23.1 Å². The standard InChI is InChI=1S/C18H24BN4O19P3/c19-43(32,37-5-7-11(26)13(28)15(39-7)22-3-1-9(24)20-17(22)30)41-45(35,36)42-44(33,34)38-6-8-12(27)14(29)16(40-8)23-4-2-10(25)21-18(23)31/h1-4,7-8,11-16,26-29H,5-6H2,(H,33,34)(H,35,36)(H,20,24,30)(H,21,25,31)/t7-,8-,11-,12-,13-,14-,15-,16-,43?/m1/s1. The van der Waals surface area contributed by atoms with Crippen LogP contribution in [0.2, 0.25) is 0 Å². The first kappa shape index (κ1) is 35.5. The first-order valence-corrected chi connectivity index (χ1v) is 16.8. The van der Waals surface area contributed by atoms with E-state index in [0.717, 1.165) is 24.5 Å².